The Labute approximate surface area is 172 Å². The van der Waals surface area contributed by atoms with Gasteiger partial charge in [-0.15, -0.1) is 0 Å². The number of carbonyl (C=O) groups excluding carboxylic acids is 1. The second-order valence-corrected chi connectivity index (χ2v) is 8.27. The van der Waals surface area contributed by atoms with Crippen LogP contribution in [0.25, 0.3) is 5.65 Å². The van der Waals surface area contributed by atoms with Crippen LogP contribution in [0.4, 0.5) is 11.5 Å². The highest BCUT2D eigenvalue weighted by molar-refractivity contribution is 5.95. The molecule has 0 aromatic carbocycles. The van der Waals surface area contributed by atoms with Gasteiger partial charge in [-0.2, -0.15) is 5.10 Å². The van der Waals surface area contributed by atoms with E-state index in [4.69, 9.17) is 4.74 Å². The first-order valence-corrected chi connectivity index (χ1v) is 10.4. The minimum Gasteiger partial charge on any atom is -0.488 e. The van der Waals surface area contributed by atoms with Gasteiger partial charge in [-0.25, -0.2) is 14.5 Å². The van der Waals surface area contributed by atoms with Gasteiger partial charge in [0.15, 0.2) is 17.2 Å². The molecule has 3 aromatic rings. The summed E-state index contributed by atoms with van der Waals surface area (Å²) in [4.78, 5) is 33.7. The summed E-state index contributed by atoms with van der Waals surface area (Å²) < 4.78 is 8.67. The first-order valence-electron chi connectivity index (χ1n) is 10.4. The molecule has 1 saturated heterocycles. The lowest BCUT2D eigenvalue weighted by Crippen LogP contribution is -2.37. The molecule has 1 aliphatic carbocycles. The van der Waals surface area contributed by atoms with Crippen molar-refractivity contribution in [2.45, 2.75) is 25.3 Å². The number of rotatable bonds is 2. The number of hydrogen-bond donors (Lipinski definition) is 0. The summed E-state index contributed by atoms with van der Waals surface area (Å²) in [5, 5.41) is 4.26. The van der Waals surface area contributed by atoms with Crippen LogP contribution >= 0.6 is 0 Å². The van der Waals surface area contributed by atoms with Gasteiger partial charge >= 0.3 is 5.69 Å². The van der Waals surface area contributed by atoms with Crippen LogP contribution in [0.15, 0.2) is 35.4 Å². The second-order valence-electron chi connectivity index (χ2n) is 8.27. The Morgan fingerprint density at radius 2 is 2.17 bits per heavy atom. The number of nitrogens with zero attached hydrogens (tertiary/aromatic N) is 6. The predicted octanol–water partition coefficient (Wildman–Crippen LogP) is 1.58. The van der Waals surface area contributed by atoms with Crippen LogP contribution in [-0.2, 0) is 7.05 Å². The molecule has 2 aliphatic heterocycles. The number of anilines is 2. The predicted molar refractivity (Wildman–Crippen MR) is 109 cm³/mol. The molecular weight excluding hydrogens is 384 g/mol. The van der Waals surface area contributed by atoms with Crippen LogP contribution in [-0.4, -0.2) is 55.7 Å². The summed E-state index contributed by atoms with van der Waals surface area (Å²) >= 11 is 0. The summed E-state index contributed by atoms with van der Waals surface area (Å²) in [6, 6.07) is 5.95. The normalized spacial score (nSPS) is 22.4. The molecule has 5 heterocycles. The average molecular weight is 406 g/mol. The van der Waals surface area contributed by atoms with Crippen LogP contribution in [0.1, 0.15) is 29.6 Å². The molecule has 1 amide bonds. The maximum atomic E-state index is 13.0. The minimum absolute atomic E-state index is 0.0486. The topological polar surface area (TPSA) is 85.0 Å². The third kappa shape index (κ3) is 2.61. The van der Waals surface area contributed by atoms with Crippen molar-refractivity contribution >= 4 is 23.1 Å². The summed E-state index contributed by atoms with van der Waals surface area (Å²) in [6.45, 7) is 1.94. The number of ether oxygens (including phenoxy) is 1. The van der Waals surface area contributed by atoms with Gasteiger partial charge in [0, 0.05) is 43.8 Å². The molecule has 0 spiro atoms. The first kappa shape index (κ1) is 17.5. The number of carbonyl (C=O) groups is 1. The molecule has 9 heteroatoms. The molecule has 2 fully saturated rings. The summed E-state index contributed by atoms with van der Waals surface area (Å²) in [5.74, 6) is 2.01. The van der Waals surface area contributed by atoms with E-state index in [1.54, 1.807) is 19.4 Å². The Morgan fingerprint density at radius 3 is 3.07 bits per heavy atom. The van der Waals surface area contributed by atoms with Crippen molar-refractivity contribution in [3.8, 4) is 5.75 Å². The van der Waals surface area contributed by atoms with Crippen LogP contribution in [0.5, 0.6) is 5.75 Å². The zero-order valence-electron chi connectivity index (χ0n) is 16.7. The van der Waals surface area contributed by atoms with Crippen molar-refractivity contribution in [3.63, 3.8) is 0 Å². The van der Waals surface area contributed by atoms with Crippen molar-refractivity contribution < 1.29 is 9.53 Å². The number of fused-ring (bicyclic) bond motifs is 3. The van der Waals surface area contributed by atoms with Gasteiger partial charge in [0.2, 0.25) is 0 Å². The fraction of sp³-hybridized carbons (Fsp3) is 0.429. The molecule has 1 saturated carbocycles. The Bertz CT molecular complexity index is 1230. The monoisotopic (exact) mass is 406 g/mol. The van der Waals surface area contributed by atoms with Crippen LogP contribution in [0.2, 0.25) is 0 Å². The third-order valence-corrected chi connectivity index (χ3v) is 6.39. The highest BCUT2D eigenvalue weighted by Crippen LogP contribution is 2.44. The lowest BCUT2D eigenvalue weighted by Gasteiger charge is -2.31. The number of aromatic nitrogens is 4. The van der Waals surface area contributed by atoms with Crippen molar-refractivity contribution in [1.29, 1.82) is 0 Å². The molecule has 2 atom stereocenters. The van der Waals surface area contributed by atoms with E-state index in [0.717, 1.165) is 25.1 Å². The van der Waals surface area contributed by atoms with Crippen molar-refractivity contribution in [2.24, 2.45) is 13.0 Å². The van der Waals surface area contributed by atoms with Crippen molar-refractivity contribution in [2.75, 3.05) is 24.6 Å². The Kier molecular flexibility index (Phi) is 3.68. The molecule has 3 aliphatic rings. The molecule has 0 N–H and O–H groups in total. The molecule has 9 nitrogen and oxygen atoms in total. The summed E-state index contributed by atoms with van der Waals surface area (Å²) in [5.41, 5.74) is 1.84. The van der Waals surface area contributed by atoms with Gasteiger partial charge in [-0.3, -0.25) is 9.20 Å². The highest BCUT2D eigenvalue weighted by Gasteiger charge is 2.46. The number of amides is 1. The molecule has 2 unspecified atom stereocenters. The fourth-order valence-corrected chi connectivity index (χ4v) is 4.73. The standard InChI is InChI=1S/C21H22N6O3/c1-24-21(29)27-6-4-15(11-18(27)23-24)25-7-8-30-17-10-14(12-22-19(17)25)20(28)26-5-2-3-13-9-16(13)26/h4,6,10-13,16H,2-3,5,7-9H2,1H3. The number of piperidine rings is 1. The van der Waals surface area contributed by atoms with Crippen LogP contribution < -0.4 is 15.3 Å². The van der Waals surface area contributed by atoms with Gasteiger partial charge in [0.05, 0.1) is 12.1 Å². The van der Waals surface area contributed by atoms with E-state index >= 15 is 0 Å². The largest absolute Gasteiger partial charge is 0.488 e. The zero-order chi connectivity index (χ0) is 20.4. The van der Waals surface area contributed by atoms with Gasteiger partial charge in [0.1, 0.15) is 6.61 Å². The average Bonchev–Trinajstić information content (AvgIpc) is 3.51. The van der Waals surface area contributed by atoms with E-state index in [-0.39, 0.29) is 11.6 Å². The number of pyridine rings is 2. The zero-order valence-corrected chi connectivity index (χ0v) is 16.7. The quantitative estimate of drug-likeness (QED) is 0.643. The van der Waals surface area contributed by atoms with E-state index in [1.807, 2.05) is 28.0 Å². The molecule has 3 aromatic heterocycles. The maximum Gasteiger partial charge on any atom is 0.350 e. The molecule has 0 bridgehead atoms. The van der Waals surface area contributed by atoms with Gasteiger partial charge in [0.25, 0.3) is 5.91 Å². The van der Waals surface area contributed by atoms with E-state index in [2.05, 4.69) is 10.1 Å². The summed E-state index contributed by atoms with van der Waals surface area (Å²) in [6.07, 6.45) is 6.82. The Hall–Kier alpha value is -3.36. The second kappa shape index (κ2) is 6.32. The Balaban J connectivity index is 1.33. The number of aryl methyl sites for hydroxylation is 1. The van der Waals surface area contributed by atoms with Crippen LogP contribution in [0.3, 0.4) is 0 Å². The molecule has 6 rings (SSSR count). The van der Waals surface area contributed by atoms with E-state index < -0.39 is 0 Å². The maximum absolute atomic E-state index is 13.0. The Morgan fingerprint density at radius 1 is 1.27 bits per heavy atom. The molecule has 30 heavy (non-hydrogen) atoms. The molecular formula is C21H22N6O3. The van der Waals surface area contributed by atoms with E-state index in [9.17, 15) is 9.59 Å². The lowest BCUT2D eigenvalue weighted by molar-refractivity contribution is 0.0705. The number of likely N-dealkylation sites (tertiary alicyclic amines) is 1. The minimum atomic E-state index is -0.184. The molecule has 154 valence electrons. The summed E-state index contributed by atoms with van der Waals surface area (Å²) in [7, 11) is 1.63. The first-order chi connectivity index (χ1) is 14.6. The van der Waals surface area contributed by atoms with E-state index in [1.165, 1.54) is 15.5 Å². The van der Waals surface area contributed by atoms with Gasteiger partial charge in [-0.1, -0.05) is 0 Å². The van der Waals surface area contributed by atoms with Crippen molar-refractivity contribution in [3.05, 3.63) is 46.6 Å². The van der Waals surface area contributed by atoms with Gasteiger partial charge < -0.3 is 14.5 Å². The SMILES string of the molecule is Cn1nc2cc(N3CCOc4cc(C(=O)N5CCCC6CC65)cnc43)ccn2c1=O. The smallest absolute Gasteiger partial charge is 0.350 e. The number of hydrogen-bond acceptors (Lipinski definition) is 6. The third-order valence-electron chi connectivity index (χ3n) is 6.39. The fourth-order valence-electron chi connectivity index (χ4n) is 4.73. The van der Waals surface area contributed by atoms with Gasteiger partial charge in [-0.05, 0) is 37.3 Å². The van der Waals surface area contributed by atoms with E-state index in [0.29, 0.717) is 47.9 Å². The highest BCUT2D eigenvalue weighted by atomic mass is 16.5. The molecule has 0 radical (unpaired) electrons. The van der Waals surface area contributed by atoms with Crippen molar-refractivity contribution in [1.82, 2.24) is 24.1 Å². The van der Waals surface area contributed by atoms with Crippen LogP contribution in [0, 0.1) is 5.92 Å². The lowest BCUT2D eigenvalue weighted by atomic mass is 10.1.